The van der Waals surface area contributed by atoms with Gasteiger partial charge in [-0.2, -0.15) is 5.10 Å². The summed E-state index contributed by atoms with van der Waals surface area (Å²) in [7, 11) is 2.12. The minimum atomic E-state index is 0.0150. The number of piperazine rings is 1. The van der Waals surface area contributed by atoms with Crippen LogP contribution in [-0.4, -0.2) is 64.8 Å². The predicted octanol–water partition coefficient (Wildman–Crippen LogP) is 1.51. The largest absolute Gasteiger partial charge is 0.310 e. The second-order valence-electron chi connectivity index (χ2n) is 6.49. The van der Waals surface area contributed by atoms with Crippen LogP contribution in [0, 0.1) is 0 Å². The van der Waals surface area contributed by atoms with E-state index in [-0.39, 0.29) is 5.91 Å². The van der Waals surface area contributed by atoms with Gasteiger partial charge < -0.3 is 10.2 Å². The van der Waals surface area contributed by atoms with Crippen molar-refractivity contribution in [3.63, 3.8) is 0 Å². The molecule has 3 rings (SSSR count). The fourth-order valence-electron chi connectivity index (χ4n) is 3.10. The molecule has 1 aliphatic rings. The molecule has 6 nitrogen and oxygen atoms in total. The number of aromatic nitrogens is 2. The molecule has 2 aromatic rings. The van der Waals surface area contributed by atoms with Gasteiger partial charge in [0.25, 0.3) is 0 Å². The molecule has 1 N–H and O–H groups in total. The maximum absolute atomic E-state index is 12.4. The molecule has 24 heavy (non-hydrogen) atoms. The van der Waals surface area contributed by atoms with Crippen LogP contribution in [0.1, 0.15) is 12.5 Å². The Kier molecular flexibility index (Phi) is 5.27. The topological polar surface area (TPSA) is 53.4 Å². The number of nitrogens with one attached hydrogen (secondary N) is 1. The van der Waals surface area contributed by atoms with Gasteiger partial charge in [0.1, 0.15) is 5.82 Å². The molecule has 0 radical (unpaired) electrons. The fourth-order valence-corrected chi connectivity index (χ4v) is 3.10. The summed E-state index contributed by atoms with van der Waals surface area (Å²) >= 11 is 0. The third-order valence-corrected chi connectivity index (χ3v) is 4.47. The first-order valence-electron chi connectivity index (χ1n) is 8.40. The van der Waals surface area contributed by atoms with Gasteiger partial charge >= 0.3 is 0 Å². The van der Waals surface area contributed by atoms with E-state index < -0.39 is 0 Å². The zero-order chi connectivity index (χ0) is 16.9. The molecule has 0 unspecified atom stereocenters. The summed E-state index contributed by atoms with van der Waals surface area (Å²) in [5, 5.41) is 7.31. The lowest BCUT2D eigenvalue weighted by Gasteiger charge is -2.37. The van der Waals surface area contributed by atoms with E-state index in [2.05, 4.69) is 46.3 Å². The quantitative estimate of drug-likeness (QED) is 0.904. The van der Waals surface area contributed by atoms with E-state index in [1.165, 1.54) is 0 Å². The Balaban J connectivity index is 1.58. The average molecular weight is 327 g/mol. The molecule has 128 valence electrons. The maximum atomic E-state index is 12.4. The van der Waals surface area contributed by atoms with Crippen LogP contribution in [0.3, 0.4) is 0 Å². The summed E-state index contributed by atoms with van der Waals surface area (Å²) in [6.45, 7) is 6.17. The third kappa shape index (κ3) is 4.21. The molecule has 1 fully saturated rings. The van der Waals surface area contributed by atoms with E-state index in [0.717, 1.165) is 31.0 Å². The first-order chi connectivity index (χ1) is 11.6. The van der Waals surface area contributed by atoms with Gasteiger partial charge in [-0.25, -0.2) is 4.68 Å². The summed E-state index contributed by atoms with van der Waals surface area (Å²) in [4.78, 5) is 16.9. The highest BCUT2D eigenvalue weighted by molar-refractivity contribution is 5.91. The van der Waals surface area contributed by atoms with Crippen LogP contribution >= 0.6 is 0 Å². The van der Waals surface area contributed by atoms with Crippen LogP contribution in [0.2, 0.25) is 0 Å². The minimum Gasteiger partial charge on any atom is -0.310 e. The van der Waals surface area contributed by atoms with Gasteiger partial charge in [0.2, 0.25) is 5.91 Å². The van der Waals surface area contributed by atoms with Crippen LogP contribution < -0.4 is 5.32 Å². The van der Waals surface area contributed by atoms with Crippen molar-refractivity contribution in [2.75, 3.05) is 38.5 Å². The lowest BCUT2D eigenvalue weighted by atomic mass is 10.2. The van der Waals surface area contributed by atoms with E-state index in [1.54, 1.807) is 6.20 Å². The van der Waals surface area contributed by atoms with Gasteiger partial charge in [-0.3, -0.25) is 9.69 Å². The number of benzene rings is 1. The molecule has 1 atom stereocenters. The number of hydrogen-bond donors (Lipinski definition) is 1. The molecule has 0 aliphatic carbocycles. The molecular weight excluding hydrogens is 302 g/mol. The summed E-state index contributed by atoms with van der Waals surface area (Å²) in [6, 6.07) is 12.3. The number of hydrogen-bond acceptors (Lipinski definition) is 4. The Bertz CT molecular complexity index is 669. The third-order valence-electron chi connectivity index (χ3n) is 4.47. The van der Waals surface area contributed by atoms with Crippen molar-refractivity contribution in [2.24, 2.45) is 0 Å². The van der Waals surface area contributed by atoms with Gasteiger partial charge in [-0.1, -0.05) is 30.3 Å². The number of nitrogens with zero attached hydrogens (tertiary/aromatic N) is 4. The standard InChI is InChI=1S/C18H25N5O/c1-15-12-21(2)10-11-22(15)14-18(24)20-17-8-9-19-23(17)13-16-6-4-3-5-7-16/h3-9,15H,10-14H2,1-2H3,(H,20,24)/t15-/m1/s1. The van der Waals surface area contributed by atoms with Crippen LogP contribution in [0.15, 0.2) is 42.6 Å². The Morgan fingerprint density at radius 3 is 2.79 bits per heavy atom. The van der Waals surface area contributed by atoms with E-state index in [0.29, 0.717) is 19.1 Å². The first-order valence-corrected chi connectivity index (χ1v) is 8.40. The highest BCUT2D eigenvalue weighted by Gasteiger charge is 2.23. The van der Waals surface area contributed by atoms with Crippen molar-refractivity contribution in [2.45, 2.75) is 19.5 Å². The van der Waals surface area contributed by atoms with Crippen LogP contribution in [0.5, 0.6) is 0 Å². The highest BCUT2D eigenvalue weighted by Crippen LogP contribution is 2.11. The lowest BCUT2D eigenvalue weighted by Crippen LogP contribution is -2.52. The van der Waals surface area contributed by atoms with E-state index in [1.807, 2.05) is 28.9 Å². The second-order valence-corrected chi connectivity index (χ2v) is 6.49. The Hall–Kier alpha value is -2.18. The van der Waals surface area contributed by atoms with Gasteiger partial charge in [0.15, 0.2) is 0 Å². The molecule has 0 spiro atoms. The van der Waals surface area contributed by atoms with Crippen molar-refractivity contribution >= 4 is 11.7 Å². The smallest absolute Gasteiger partial charge is 0.239 e. The van der Waals surface area contributed by atoms with Crippen LogP contribution in [0.4, 0.5) is 5.82 Å². The zero-order valence-corrected chi connectivity index (χ0v) is 14.4. The molecule has 2 heterocycles. The van der Waals surface area contributed by atoms with Crippen molar-refractivity contribution in [3.8, 4) is 0 Å². The highest BCUT2D eigenvalue weighted by atomic mass is 16.2. The Labute approximate surface area is 143 Å². The zero-order valence-electron chi connectivity index (χ0n) is 14.4. The summed E-state index contributed by atoms with van der Waals surface area (Å²) in [6.07, 6.45) is 1.72. The van der Waals surface area contributed by atoms with Crippen molar-refractivity contribution in [1.29, 1.82) is 0 Å². The molecule has 1 amide bonds. The van der Waals surface area contributed by atoms with Crippen LogP contribution in [-0.2, 0) is 11.3 Å². The number of anilines is 1. The van der Waals surface area contributed by atoms with Crippen molar-refractivity contribution < 1.29 is 4.79 Å². The SMILES string of the molecule is C[C@@H]1CN(C)CCN1CC(=O)Nc1ccnn1Cc1ccccc1. The van der Waals surface area contributed by atoms with E-state index >= 15 is 0 Å². The Morgan fingerprint density at radius 1 is 1.25 bits per heavy atom. The summed E-state index contributed by atoms with van der Waals surface area (Å²) < 4.78 is 1.82. The lowest BCUT2D eigenvalue weighted by molar-refractivity contribution is -0.118. The molecule has 6 heteroatoms. The van der Waals surface area contributed by atoms with Gasteiger partial charge in [-0.15, -0.1) is 0 Å². The number of carbonyl (C=O) groups is 1. The molecule has 1 aliphatic heterocycles. The van der Waals surface area contributed by atoms with Crippen LogP contribution in [0.25, 0.3) is 0 Å². The monoisotopic (exact) mass is 327 g/mol. The molecule has 1 saturated heterocycles. The number of rotatable bonds is 5. The normalized spacial score (nSPS) is 19.3. The number of carbonyl (C=O) groups excluding carboxylic acids is 1. The number of likely N-dealkylation sites (N-methyl/N-ethyl adjacent to an activating group) is 1. The summed E-state index contributed by atoms with van der Waals surface area (Å²) in [5.74, 6) is 0.756. The molecule has 1 aromatic heterocycles. The summed E-state index contributed by atoms with van der Waals surface area (Å²) in [5.41, 5.74) is 1.16. The van der Waals surface area contributed by atoms with Gasteiger partial charge in [-0.05, 0) is 19.5 Å². The van der Waals surface area contributed by atoms with Crippen molar-refractivity contribution in [1.82, 2.24) is 19.6 Å². The molecule has 1 aromatic carbocycles. The van der Waals surface area contributed by atoms with Gasteiger partial charge in [0, 0.05) is 31.7 Å². The number of amides is 1. The molecular formula is C18H25N5O. The molecule has 0 bridgehead atoms. The average Bonchev–Trinajstić information content (AvgIpc) is 2.98. The van der Waals surface area contributed by atoms with Crippen molar-refractivity contribution in [3.05, 3.63) is 48.2 Å². The Morgan fingerprint density at radius 2 is 2.04 bits per heavy atom. The van der Waals surface area contributed by atoms with E-state index in [4.69, 9.17) is 0 Å². The maximum Gasteiger partial charge on any atom is 0.239 e. The predicted molar refractivity (Wildman–Crippen MR) is 94.9 cm³/mol. The first kappa shape index (κ1) is 16.7. The second kappa shape index (κ2) is 7.59. The molecule has 0 saturated carbocycles. The van der Waals surface area contributed by atoms with E-state index in [9.17, 15) is 4.79 Å². The fraction of sp³-hybridized carbons (Fsp3) is 0.444. The minimum absolute atomic E-state index is 0.0150. The van der Waals surface area contributed by atoms with Gasteiger partial charge in [0.05, 0.1) is 19.3 Å².